The molecule has 0 spiro atoms. The minimum absolute atomic E-state index is 0.0125. The molecule has 0 saturated carbocycles. The Morgan fingerprint density at radius 3 is 2.80 bits per heavy atom. The van der Waals surface area contributed by atoms with Crippen LogP contribution in [0.15, 0.2) is 18.2 Å². The Hall–Kier alpha value is -1.56. The molecule has 6 heteroatoms. The highest BCUT2D eigenvalue weighted by Crippen LogP contribution is 2.43. The predicted molar refractivity (Wildman–Crippen MR) is 72.9 cm³/mol. The third kappa shape index (κ3) is 2.18. The van der Waals surface area contributed by atoms with Crippen LogP contribution >= 0.6 is 11.3 Å². The molecule has 0 radical (unpaired) electrons. The molecule has 1 heterocycles. The fourth-order valence-electron chi connectivity index (χ4n) is 2.73. The summed E-state index contributed by atoms with van der Waals surface area (Å²) < 4.78 is 39.0. The topological polar surface area (TPSA) is 38.9 Å². The fourth-order valence-corrected chi connectivity index (χ4v) is 3.77. The molecule has 1 atom stereocenters. The molecule has 1 aliphatic carbocycles. The summed E-state index contributed by atoms with van der Waals surface area (Å²) in [6.45, 7) is 1.48. The number of rotatable bonds is 1. The standard InChI is InChI=1S/C14H13F3N2S/c1-7-2-3-8(6-10(7)14(15,16)17)9-4-5-11-12(9)20-13(18)19-11/h2-3,6,9H,4-5H2,1H3,(H2,18,19). The predicted octanol–water partition coefficient (Wildman–Crippen LogP) is 4.13. The van der Waals surface area contributed by atoms with Crippen molar-refractivity contribution in [3.8, 4) is 0 Å². The Morgan fingerprint density at radius 2 is 2.10 bits per heavy atom. The number of alkyl halides is 3. The SMILES string of the molecule is Cc1ccc(C2CCc3nc(N)sc32)cc1C(F)(F)F. The van der Waals surface area contributed by atoms with E-state index in [0.717, 1.165) is 23.4 Å². The lowest BCUT2D eigenvalue weighted by Gasteiger charge is -2.15. The Balaban J connectivity index is 2.04. The van der Waals surface area contributed by atoms with Gasteiger partial charge in [0.25, 0.3) is 0 Å². The number of thiazole rings is 1. The highest BCUT2D eigenvalue weighted by Gasteiger charge is 2.34. The van der Waals surface area contributed by atoms with E-state index in [0.29, 0.717) is 10.7 Å². The average Bonchev–Trinajstić information content (AvgIpc) is 2.87. The highest BCUT2D eigenvalue weighted by atomic mass is 32.1. The van der Waals surface area contributed by atoms with Crippen molar-refractivity contribution < 1.29 is 13.2 Å². The molecule has 0 bridgehead atoms. The normalized spacial score (nSPS) is 18.3. The summed E-state index contributed by atoms with van der Waals surface area (Å²) in [7, 11) is 0. The van der Waals surface area contributed by atoms with Gasteiger partial charge in [-0.1, -0.05) is 12.1 Å². The number of hydrogen-bond acceptors (Lipinski definition) is 3. The second-order valence-corrected chi connectivity index (χ2v) is 6.09. The van der Waals surface area contributed by atoms with Crippen LogP contribution in [0.1, 0.15) is 39.6 Å². The summed E-state index contributed by atoms with van der Waals surface area (Å²) in [6, 6.07) is 4.59. The Labute approximate surface area is 118 Å². The number of halogens is 3. The van der Waals surface area contributed by atoms with Gasteiger partial charge >= 0.3 is 6.18 Å². The van der Waals surface area contributed by atoms with E-state index in [-0.39, 0.29) is 11.5 Å². The van der Waals surface area contributed by atoms with Gasteiger partial charge in [0.2, 0.25) is 0 Å². The molecule has 20 heavy (non-hydrogen) atoms. The number of anilines is 1. The van der Waals surface area contributed by atoms with Crippen LogP contribution in [-0.2, 0) is 12.6 Å². The first kappa shape index (κ1) is 13.4. The molecule has 106 valence electrons. The average molecular weight is 298 g/mol. The van der Waals surface area contributed by atoms with Gasteiger partial charge in [0.1, 0.15) is 0 Å². The van der Waals surface area contributed by atoms with E-state index in [9.17, 15) is 13.2 Å². The zero-order valence-electron chi connectivity index (χ0n) is 10.8. The van der Waals surface area contributed by atoms with E-state index in [2.05, 4.69) is 4.98 Å². The Kier molecular flexibility index (Phi) is 3.01. The van der Waals surface area contributed by atoms with Gasteiger partial charge in [-0.15, -0.1) is 11.3 Å². The quantitative estimate of drug-likeness (QED) is 0.859. The van der Waals surface area contributed by atoms with Crippen molar-refractivity contribution in [2.45, 2.75) is 31.9 Å². The van der Waals surface area contributed by atoms with Crippen LogP contribution in [0.2, 0.25) is 0 Å². The van der Waals surface area contributed by atoms with Gasteiger partial charge in [-0.2, -0.15) is 13.2 Å². The van der Waals surface area contributed by atoms with Crippen molar-refractivity contribution in [3.05, 3.63) is 45.5 Å². The van der Waals surface area contributed by atoms with Crippen LogP contribution in [0.5, 0.6) is 0 Å². The molecule has 0 amide bonds. The van der Waals surface area contributed by atoms with E-state index in [1.165, 1.54) is 24.3 Å². The summed E-state index contributed by atoms with van der Waals surface area (Å²) in [6.07, 6.45) is -2.73. The van der Waals surface area contributed by atoms with Crippen LogP contribution in [0.25, 0.3) is 0 Å². The second-order valence-electron chi connectivity index (χ2n) is 5.03. The minimum Gasteiger partial charge on any atom is -0.375 e. The largest absolute Gasteiger partial charge is 0.416 e. The molecule has 2 N–H and O–H groups in total. The zero-order valence-corrected chi connectivity index (χ0v) is 11.6. The van der Waals surface area contributed by atoms with Gasteiger partial charge in [-0.05, 0) is 37.0 Å². The maximum absolute atomic E-state index is 13.0. The molecule has 2 aromatic rings. The fraction of sp³-hybridized carbons (Fsp3) is 0.357. The molecular formula is C14H13F3N2S. The number of hydrogen-bond donors (Lipinski definition) is 1. The molecule has 2 nitrogen and oxygen atoms in total. The number of aryl methyl sites for hydroxylation is 2. The lowest BCUT2D eigenvalue weighted by atomic mass is 9.94. The Morgan fingerprint density at radius 1 is 1.35 bits per heavy atom. The van der Waals surface area contributed by atoms with E-state index in [1.54, 1.807) is 12.1 Å². The molecule has 1 aliphatic rings. The van der Waals surface area contributed by atoms with Crippen molar-refractivity contribution in [3.63, 3.8) is 0 Å². The summed E-state index contributed by atoms with van der Waals surface area (Å²) in [5.41, 5.74) is 7.01. The first-order chi connectivity index (χ1) is 9.36. The number of benzene rings is 1. The first-order valence-corrected chi connectivity index (χ1v) is 7.10. The maximum Gasteiger partial charge on any atom is 0.416 e. The Bertz CT molecular complexity index is 661. The lowest BCUT2D eigenvalue weighted by Crippen LogP contribution is -2.09. The molecule has 1 unspecified atom stereocenters. The van der Waals surface area contributed by atoms with Crippen molar-refractivity contribution in [1.82, 2.24) is 4.98 Å². The van der Waals surface area contributed by atoms with E-state index in [4.69, 9.17) is 5.73 Å². The third-order valence-electron chi connectivity index (χ3n) is 3.70. The molecule has 0 saturated heterocycles. The number of nitrogen functional groups attached to an aromatic ring is 1. The van der Waals surface area contributed by atoms with E-state index < -0.39 is 11.7 Å². The number of nitrogens with two attached hydrogens (primary N) is 1. The van der Waals surface area contributed by atoms with Crippen molar-refractivity contribution in [2.24, 2.45) is 0 Å². The molecule has 0 aliphatic heterocycles. The maximum atomic E-state index is 13.0. The van der Waals surface area contributed by atoms with Gasteiger partial charge in [-0.25, -0.2) is 4.98 Å². The molecule has 1 aromatic carbocycles. The van der Waals surface area contributed by atoms with Crippen LogP contribution in [0, 0.1) is 6.92 Å². The summed E-state index contributed by atoms with van der Waals surface area (Å²) in [5, 5.41) is 0.489. The summed E-state index contributed by atoms with van der Waals surface area (Å²) in [5.74, 6) is -0.0125. The molecule has 1 aromatic heterocycles. The van der Waals surface area contributed by atoms with Crippen molar-refractivity contribution >= 4 is 16.5 Å². The van der Waals surface area contributed by atoms with Crippen LogP contribution in [-0.4, -0.2) is 4.98 Å². The van der Waals surface area contributed by atoms with Crippen LogP contribution < -0.4 is 5.73 Å². The minimum atomic E-state index is -4.31. The molecule has 0 fully saturated rings. The summed E-state index contributed by atoms with van der Waals surface area (Å²) >= 11 is 1.38. The monoisotopic (exact) mass is 298 g/mol. The van der Waals surface area contributed by atoms with Gasteiger partial charge < -0.3 is 5.73 Å². The first-order valence-electron chi connectivity index (χ1n) is 6.29. The smallest absolute Gasteiger partial charge is 0.375 e. The van der Waals surface area contributed by atoms with Gasteiger partial charge in [0.15, 0.2) is 5.13 Å². The highest BCUT2D eigenvalue weighted by molar-refractivity contribution is 7.15. The lowest BCUT2D eigenvalue weighted by molar-refractivity contribution is -0.138. The number of aromatic nitrogens is 1. The van der Waals surface area contributed by atoms with E-state index >= 15 is 0 Å². The van der Waals surface area contributed by atoms with Crippen molar-refractivity contribution in [1.29, 1.82) is 0 Å². The van der Waals surface area contributed by atoms with E-state index in [1.807, 2.05) is 0 Å². The van der Waals surface area contributed by atoms with Gasteiger partial charge in [0.05, 0.1) is 11.3 Å². The number of fused-ring (bicyclic) bond motifs is 1. The van der Waals surface area contributed by atoms with Crippen LogP contribution in [0.3, 0.4) is 0 Å². The molecule has 3 rings (SSSR count). The summed E-state index contributed by atoms with van der Waals surface area (Å²) in [4.78, 5) is 5.24. The number of nitrogens with zero attached hydrogens (tertiary/aromatic N) is 1. The van der Waals surface area contributed by atoms with Crippen molar-refractivity contribution in [2.75, 3.05) is 5.73 Å². The second kappa shape index (κ2) is 4.48. The zero-order chi connectivity index (χ0) is 14.5. The molecular weight excluding hydrogens is 285 g/mol. The third-order valence-corrected chi connectivity index (χ3v) is 4.74. The van der Waals surface area contributed by atoms with Crippen LogP contribution in [0.4, 0.5) is 18.3 Å². The van der Waals surface area contributed by atoms with Gasteiger partial charge in [0, 0.05) is 10.8 Å². The van der Waals surface area contributed by atoms with Gasteiger partial charge in [-0.3, -0.25) is 0 Å².